The highest BCUT2D eigenvalue weighted by atomic mass is 15.4. The first-order valence-electron chi connectivity index (χ1n) is 4.92. The van der Waals surface area contributed by atoms with Crippen LogP contribution in [-0.2, 0) is 14.1 Å². The second kappa shape index (κ2) is 3.46. The Bertz CT molecular complexity index is 499. The molecule has 0 amide bonds. The van der Waals surface area contributed by atoms with Crippen LogP contribution in [0.25, 0.3) is 11.4 Å². The van der Waals surface area contributed by atoms with Gasteiger partial charge in [0, 0.05) is 19.3 Å². The van der Waals surface area contributed by atoms with Crippen LogP contribution in [0.2, 0.25) is 0 Å². The lowest BCUT2D eigenvalue weighted by atomic mass is 10.1. The van der Waals surface area contributed by atoms with E-state index in [9.17, 15) is 0 Å². The van der Waals surface area contributed by atoms with E-state index in [1.54, 1.807) is 6.20 Å². The molecule has 0 aliphatic carbocycles. The molecule has 4 nitrogen and oxygen atoms in total. The van der Waals surface area contributed by atoms with Gasteiger partial charge in [-0.2, -0.15) is 9.36 Å². The lowest BCUT2D eigenvalue weighted by Gasteiger charge is -1.98. The zero-order chi connectivity index (χ0) is 11.0. The van der Waals surface area contributed by atoms with E-state index >= 15 is 0 Å². The van der Waals surface area contributed by atoms with Crippen LogP contribution in [0.3, 0.4) is 0 Å². The highest BCUT2D eigenvalue weighted by Gasteiger charge is 2.21. The normalized spacial score (nSPS) is 10.7. The minimum absolute atomic E-state index is 0.959. The summed E-state index contributed by atoms with van der Waals surface area (Å²) >= 11 is 0. The van der Waals surface area contributed by atoms with Gasteiger partial charge in [0.05, 0.1) is 12.6 Å². The fourth-order valence-electron chi connectivity index (χ4n) is 1.59. The van der Waals surface area contributed by atoms with Gasteiger partial charge in [-0.15, -0.1) is 0 Å². The van der Waals surface area contributed by atoms with Gasteiger partial charge in [-0.1, -0.05) is 0 Å². The van der Waals surface area contributed by atoms with Crippen molar-refractivity contribution in [3.05, 3.63) is 29.8 Å². The molecular weight excluding hydrogens is 188 g/mol. The molecule has 0 aliphatic rings. The van der Waals surface area contributed by atoms with E-state index in [0.29, 0.717) is 0 Å². The first kappa shape index (κ1) is 9.83. The first-order valence-corrected chi connectivity index (χ1v) is 4.92. The van der Waals surface area contributed by atoms with E-state index in [1.165, 1.54) is 5.56 Å². The maximum Gasteiger partial charge on any atom is 0.352 e. The van der Waals surface area contributed by atoms with Gasteiger partial charge in [-0.25, -0.2) is 0 Å². The van der Waals surface area contributed by atoms with Gasteiger partial charge in [-0.05, 0) is 23.5 Å². The van der Waals surface area contributed by atoms with Crippen LogP contribution < -0.4 is 4.68 Å². The molecular formula is C11H15N4+. The molecule has 2 aromatic rings. The third-order valence-electron chi connectivity index (χ3n) is 2.77. The summed E-state index contributed by atoms with van der Waals surface area (Å²) in [5.74, 6) is 1.95. The Labute approximate surface area is 89.2 Å². The molecule has 0 atom stereocenters. The van der Waals surface area contributed by atoms with Crippen LogP contribution in [0.1, 0.15) is 11.4 Å². The fraction of sp³-hybridized carbons (Fsp3) is 0.364. The van der Waals surface area contributed by atoms with E-state index in [1.807, 2.05) is 42.6 Å². The Morgan fingerprint density at radius 2 is 2.07 bits per heavy atom. The van der Waals surface area contributed by atoms with Crippen molar-refractivity contribution < 1.29 is 4.68 Å². The Balaban J connectivity index is 2.65. The second-order valence-electron chi connectivity index (χ2n) is 3.72. The minimum atomic E-state index is 0.959. The van der Waals surface area contributed by atoms with Gasteiger partial charge in [-0.3, -0.25) is 4.98 Å². The molecule has 2 rings (SSSR count). The predicted molar refractivity (Wildman–Crippen MR) is 57.1 cm³/mol. The van der Waals surface area contributed by atoms with E-state index in [2.05, 4.69) is 16.9 Å². The number of aryl methyl sites for hydroxylation is 2. The summed E-state index contributed by atoms with van der Waals surface area (Å²) in [6.45, 7) is 4.07. The van der Waals surface area contributed by atoms with Gasteiger partial charge in [0.15, 0.2) is 0 Å². The summed E-state index contributed by atoms with van der Waals surface area (Å²) in [5, 5.41) is 0. The molecule has 78 valence electrons. The maximum atomic E-state index is 4.53. The molecule has 2 aromatic heterocycles. The van der Waals surface area contributed by atoms with Crippen LogP contribution >= 0.6 is 0 Å². The van der Waals surface area contributed by atoms with Gasteiger partial charge in [0.2, 0.25) is 0 Å². The fourth-order valence-corrected chi connectivity index (χ4v) is 1.59. The molecule has 15 heavy (non-hydrogen) atoms. The number of nitrogens with zero attached hydrogens (tertiary/aromatic N) is 4. The van der Waals surface area contributed by atoms with Crippen molar-refractivity contribution in [3.8, 4) is 11.4 Å². The third-order valence-corrected chi connectivity index (χ3v) is 2.77. The van der Waals surface area contributed by atoms with Crippen molar-refractivity contribution in [1.29, 1.82) is 0 Å². The SMILES string of the molecule is Cc1ccncc1-c1nc(C)n(C)[n+]1C. The Kier molecular flexibility index (Phi) is 2.26. The smallest absolute Gasteiger partial charge is 0.264 e. The molecule has 0 spiro atoms. The molecule has 0 N–H and O–H groups in total. The number of hydrogen-bond acceptors (Lipinski definition) is 2. The molecule has 0 unspecified atom stereocenters. The monoisotopic (exact) mass is 203 g/mol. The summed E-state index contributed by atoms with van der Waals surface area (Å²) in [7, 11) is 4.00. The van der Waals surface area contributed by atoms with Gasteiger partial charge in [0.25, 0.3) is 5.82 Å². The Morgan fingerprint density at radius 3 is 2.60 bits per heavy atom. The molecule has 0 radical (unpaired) electrons. The summed E-state index contributed by atoms with van der Waals surface area (Å²) in [5.41, 5.74) is 2.28. The van der Waals surface area contributed by atoms with Crippen LogP contribution in [0.4, 0.5) is 0 Å². The summed E-state index contributed by atoms with van der Waals surface area (Å²) in [4.78, 5) is 8.67. The van der Waals surface area contributed by atoms with E-state index in [-0.39, 0.29) is 0 Å². The lowest BCUT2D eigenvalue weighted by molar-refractivity contribution is -0.742. The van der Waals surface area contributed by atoms with Gasteiger partial charge >= 0.3 is 5.82 Å². The highest BCUT2D eigenvalue weighted by molar-refractivity contribution is 5.55. The average Bonchev–Trinajstić information content (AvgIpc) is 2.47. The van der Waals surface area contributed by atoms with Crippen LogP contribution in [0.5, 0.6) is 0 Å². The number of hydrogen-bond donors (Lipinski definition) is 0. The standard InChI is InChI=1S/C11H15N4/c1-8-5-6-12-7-10(8)11-13-9(2)14(3)15(11)4/h5-7H,1-4H3/q+1. The van der Waals surface area contributed by atoms with Crippen LogP contribution in [0.15, 0.2) is 18.5 Å². The quantitative estimate of drug-likeness (QED) is 0.646. The second-order valence-corrected chi connectivity index (χ2v) is 3.72. The van der Waals surface area contributed by atoms with E-state index < -0.39 is 0 Å². The van der Waals surface area contributed by atoms with Crippen LogP contribution in [-0.4, -0.2) is 14.6 Å². The molecule has 0 saturated heterocycles. The van der Waals surface area contributed by atoms with Crippen molar-refractivity contribution in [1.82, 2.24) is 14.6 Å². The van der Waals surface area contributed by atoms with Crippen molar-refractivity contribution >= 4 is 0 Å². The first-order chi connectivity index (χ1) is 7.11. The Hall–Kier alpha value is -1.71. The van der Waals surface area contributed by atoms with Crippen molar-refractivity contribution in [2.24, 2.45) is 14.1 Å². The Morgan fingerprint density at radius 1 is 1.33 bits per heavy atom. The maximum absolute atomic E-state index is 4.53. The van der Waals surface area contributed by atoms with E-state index in [4.69, 9.17) is 0 Å². The third kappa shape index (κ3) is 1.52. The van der Waals surface area contributed by atoms with Gasteiger partial charge in [0.1, 0.15) is 7.05 Å². The van der Waals surface area contributed by atoms with Crippen LogP contribution in [0, 0.1) is 13.8 Å². The summed E-state index contributed by atoms with van der Waals surface area (Å²) < 4.78 is 4.04. The number of pyridine rings is 1. The average molecular weight is 203 g/mol. The van der Waals surface area contributed by atoms with Crippen molar-refractivity contribution in [3.63, 3.8) is 0 Å². The molecule has 4 heteroatoms. The zero-order valence-corrected chi connectivity index (χ0v) is 9.52. The minimum Gasteiger partial charge on any atom is -0.264 e. The summed E-state index contributed by atoms with van der Waals surface area (Å²) in [6, 6.07) is 2.00. The molecule has 0 saturated carbocycles. The van der Waals surface area contributed by atoms with Crippen molar-refractivity contribution in [2.75, 3.05) is 0 Å². The van der Waals surface area contributed by atoms with Gasteiger partial charge < -0.3 is 0 Å². The molecule has 0 fully saturated rings. The largest absolute Gasteiger partial charge is 0.352 e. The number of rotatable bonds is 1. The predicted octanol–water partition coefficient (Wildman–Crippen LogP) is 0.923. The molecule has 0 bridgehead atoms. The zero-order valence-electron chi connectivity index (χ0n) is 9.52. The molecule has 0 aliphatic heterocycles. The van der Waals surface area contributed by atoms with Crippen molar-refractivity contribution in [2.45, 2.75) is 13.8 Å². The highest BCUT2D eigenvalue weighted by Crippen LogP contribution is 2.16. The lowest BCUT2D eigenvalue weighted by Crippen LogP contribution is -2.39. The van der Waals surface area contributed by atoms with E-state index in [0.717, 1.165) is 17.2 Å². The topological polar surface area (TPSA) is 34.6 Å². The molecule has 0 aromatic carbocycles. The number of aromatic nitrogens is 4. The summed E-state index contributed by atoms with van der Waals surface area (Å²) in [6.07, 6.45) is 3.66. The molecule has 2 heterocycles.